The van der Waals surface area contributed by atoms with Gasteiger partial charge in [0, 0.05) is 12.6 Å². The molecule has 7 heteroatoms. The minimum Gasteiger partial charge on any atom is -0.444 e. The number of hydrogen-bond acceptors (Lipinski definition) is 5. The lowest BCUT2D eigenvalue weighted by molar-refractivity contribution is -0.409. The van der Waals surface area contributed by atoms with Crippen molar-refractivity contribution in [2.45, 2.75) is 51.5 Å². The lowest BCUT2D eigenvalue weighted by Crippen LogP contribution is -2.56. The lowest BCUT2D eigenvalue weighted by atomic mass is 9.99. The highest BCUT2D eigenvalue weighted by molar-refractivity contribution is 6.07. The van der Waals surface area contributed by atoms with Gasteiger partial charge in [0.2, 0.25) is 0 Å². The molecule has 2 amide bonds. The van der Waals surface area contributed by atoms with Crippen LogP contribution in [0, 0.1) is 0 Å². The number of nitrogens with zero attached hydrogens (tertiary/aromatic N) is 1. The number of carbonyl (C=O) groups is 2. The van der Waals surface area contributed by atoms with Crippen LogP contribution in [-0.2, 0) is 30.6 Å². The molecule has 0 spiro atoms. The average Bonchev–Trinajstić information content (AvgIpc) is 2.88. The summed E-state index contributed by atoms with van der Waals surface area (Å²) in [4.78, 5) is 38.9. The molecule has 30 heavy (non-hydrogen) atoms. The minimum atomic E-state index is -1.88. The smallest absolute Gasteiger partial charge is 0.410 e. The van der Waals surface area contributed by atoms with E-state index in [9.17, 15) is 9.59 Å². The van der Waals surface area contributed by atoms with Gasteiger partial charge in [-0.25, -0.2) is 9.68 Å². The highest BCUT2D eigenvalue weighted by atomic mass is 17.2. The Labute approximate surface area is 176 Å². The maximum Gasteiger partial charge on any atom is 0.410 e. The van der Waals surface area contributed by atoms with E-state index in [2.05, 4.69) is 5.32 Å². The molecule has 1 heterocycles. The molecule has 0 aliphatic carbocycles. The summed E-state index contributed by atoms with van der Waals surface area (Å²) in [6.45, 7) is 8.86. The van der Waals surface area contributed by atoms with Crippen molar-refractivity contribution in [3.05, 3.63) is 65.7 Å². The maximum absolute atomic E-state index is 13.3. The molecule has 1 atom stereocenters. The van der Waals surface area contributed by atoms with E-state index >= 15 is 0 Å². The quantitative estimate of drug-likeness (QED) is 0.452. The predicted octanol–water partition coefficient (Wildman–Crippen LogP) is 4.22. The number of para-hydroxylation sites is 1. The zero-order valence-corrected chi connectivity index (χ0v) is 18.2. The number of rotatable bonds is 5. The van der Waals surface area contributed by atoms with E-state index < -0.39 is 28.9 Å². The van der Waals surface area contributed by atoms with Gasteiger partial charge < -0.3 is 9.64 Å². The normalized spacial score (nSPS) is 18.9. The number of alkyl carbamates (subject to hydrolysis) is 1. The number of benzene rings is 2. The Bertz CT molecular complexity index is 936. The molecule has 0 bridgehead atoms. The third kappa shape index (κ3) is 4.17. The zero-order chi connectivity index (χ0) is 22.2. The summed E-state index contributed by atoms with van der Waals surface area (Å²) >= 11 is 0. The summed E-state index contributed by atoms with van der Waals surface area (Å²) in [6, 6.07) is 16.5. The van der Waals surface area contributed by atoms with Crippen molar-refractivity contribution in [1.82, 2.24) is 5.32 Å². The fraction of sp³-hybridized carbons (Fsp3) is 0.391. The van der Waals surface area contributed by atoms with E-state index in [1.54, 1.807) is 52.1 Å². The van der Waals surface area contributed by atoms with Crippen LogP contribution in [-0.4, -0.2) is 24.6 Å². The van der Waals surface area contributed by atoms with Crippen LogP contribution >= 0.6 is 0 Å². The Morgan fingerprint density at radius 1 is 0.967 bits per heavy atom. The second-order valence-electron chi connectivity index (χ2n) is 8.73. The number of amides is 2. The number of likely N-dealkylation sites (N-methyl/N-ethyl adjacent to an activating group) is 1. The molecule has 0 fully saturated rings. The Balaban J connectivity index is 1.97. The molecule has 2 aromatic rings. The third-order valence-electron chi connectivity index (χ3n) is 4.77. The van der Waals surface area contributed by atoms with Crippen LogP contribution in [0.5, 0.6) is 0 Å². The number of nitrogens with one attached hydrogen (secondary N) is 1. The fourth-order valence-electron chi connectivity index (χ4n) is 3.25. The van der Waals surface area contributed by atoms with E-state index in [1.165, 1.54) is 4.90 Å². The predicted molar refractivity (Wildman–Crippen MR) is 113 cm³/mol. The molecule has 1 N–H and O–H groups in total. The minimum absolute atomic E-state index is 0.465. The first kappa shape index (κ1) is 21.8. The molecule has 7 nitrogen and oxygen atoms in total. The van der Waals surface area contributed by atoms with Crippen LogP contribution in [0.4, 0.5) is 10.5 Å². The monoisotopic (exact) mass is 412 g/mol. The molecule has 1 aliphatic heterocycles. The van der Waals surface area contributed by atoms with Crippen LogP contribution in [0.3, 0.4) is 0 Å². The number of ether oxygens (including phenoxy) is 1. The maximum atomic E-state index is 13.3. The molecule has 0 radical (unpaired) electrons. The molecule has 0 aromatic heterocycles. The van der Waals surface area contributed by atoms with E-state index in [4.69, 9.17) is 14.5 Å². The van der Waals surface area contributed by atoms with Crippen molar-refractivity contribution < 1.29 is 24.1 Å². The first-order chi connectivity index (χ1) is 14.0. The molecule has 160 valence electrons. The van der Waals surface area contributed by atoms with Crippen molar-refractivity contribution in [2.75, 3.05) is 11.9 Å². The number of anilines is 1. The second-order valence-corrected chi connectivity index (χ2v) is 8.73. The molecule has 0 saturated carbocycles. The zero-order valence-electron chi connectivity index (χ0n) is 18.2. The van der Waals surface area contributed by atoms with Crippen molar-refractivity contribution in [2.24, 2.45) is 0 Å². The lowest BCUT2D eigenvalue weighted by Gasteiger charge is -2.33. The van der Waals surface area contributed by atoms with Crippen molar-refractivity contribution in [1.29, 1.82) is 0 Å². The van der Waals surface area contributed by atoms with Crippen molar-refractivity contribution >= 4 is 17.7 Å². The van der Waals surface area contributed by atoms with Gasteiger partial charge in [0.1, 0.15) is 11.2 Å². The van der Waals surface area contributed by atoms with Crippen LogP contribution in [0.15, 0.2) is 54.6 Å². The highest BCUT2D eigenvalue weighted by Gasteiger charge is 2.55. The Kier molecular flexibility index (Phi) is 5.62. The summed E-state index contributed by atoms with van der Waals surface area (Å²) in [5.74, 6) is -0.488. The van der Waals surface area contributed by atoms with Crippen LogP contribution < -0.4 is 10.2 Å². The van der Waals surface area contributed by atoms with Crippen LogP contribution in [0.25, 0.3) is 0 Å². The van der Waals surface area contributed by atoms with Gasteiger partial charge in [-0.3, -0.25) is 10.1 Å². The average molecular weight is 412 g/mol. The van der Waals surface area contributed by atoms with Gasteiger partial charge in [0.05, 0.1) is 5.69 Å². The summed E-state index contributed by atoms with van der Waals surface area (Å²) in [7, 11) is 1.62. The SMILES string of the molecule is CN1C(=O)[C@](NC(=O)OC(C)(C)C)(OOC(C)(C)c2ccccc2)c2ccccc21. The first-order valence-electron chi connectivity index (χ1n) is 9.77. The number of hydrogen-bond donors (Lipinski definition) is 1. The number of fused-ring (bicyclic) bond motifs is 1. The number of carbonyl (C=O) groups excluding carboxylic acids is 2. The topological polar surface area (TPSA) is 77.1 Å². The largest absolute Gasteiger partial charge is 0.444 e. The Hall–Kier alpha value is -2.90. The van der Waals surface area contributed by atoms with Gasteiger partial charge in [0.25, 0.3) is 11.6 Å². The van der Waals surface area contributed by atoms with Gasteiger partial charge >= 0.3 is 6.09 Å². The molecular formula is C23H28N2O5. The molecule has 3 rings (SSSR count). The van der Waals surface area contributed by atoms with Gasteiger partial charge in [-0.1, -0.05) is 48.5 Å². The van der Waals surface area contributed by atoms with Gasteiger partial charge in [-0.2, -0.15) is 4.89 Å². The van der Waals surface area contributed by atoms with Gasteiger partial charge in [-0.05, 0) is 46.2 Å². The highest BCUT2D eigenvalue weighted by Crippen LogP contribution is 2.42. The van der Waals surface area contributed by atoms with Crippen molar-refractivity contribution in [3.8, 4) is 0 Å². The fourth-order valence-corrected chi connectivity index (χ4v) is 3.25. The van der Waals surface area contributed by atoms with E-state index in [1.807, 2.05) is 44.2 Å². The van der Waals surface area contributed by atoms with E-state index in [0.29, 0.717) is 11.3 Å². The van der Waals surface area contributed by atoms with E-state index in [0.717, 1.165) is 5.56 Å². The van der Waals surface area contributed by atoms with E-state index in [-0.39, 0.29) is 0 Å². The first-order valence-corrected chi connectivity index (χ1v) is 9.77. The Morgan fingerprint density at radius 3 is 2.20 bits per heavy atom. The molecule has 0 saturated heterocycles. The summed E-state index contributed by atoms with van der Waals surface area (Å²) in [6.07, 6.45) is -0.790. The summed E-state index contributed by atoms with van der Waals surface area (Å²) in [5.41, 5.74) is -1.58. The van der Waals surface area contributed by atoms with Crippen LogP contribution in [0.2, 0.25) is 0 Å². The van der Waals surface area contributed by atoms with Crippen molar-refractivity contribution in [3.63, 3.8) is 0 Å². The summed E-state index contributed by atoms with van der Waals surface area (Å²) < 4.78 is 5.38. The second kappa shape index (κ2) is 7.74. The third-order valence-corrected chi connectivity index (χ3v) is 4.77. The molecular weight excluding hydrogens is 384 g/mol. The standard InChI is InChI=1S/C23H28N2O5/c1-21(2,3)28-20(27)24-23(17-14-10-11-15-18(17)25(6)19(23)26)30-29-22(4,5)16-12-8-7-9-13-16/h7-15H,1-6H3,(H,24,27)/t23-/m1/s1. The van der Waals surface area contributed by atoms with Gasteiger partial charge in [0.15, 0.2) is 0 Å². The molecule has 0 unspecified atom stereocenters. The molecule has 2 aromatic carbocycles. The Morgan fingerprint density at radius 2 is 1.57 bits per heavy atom. The van der Waals surface area contributed by atoms with Gasteiger partial charge in [-0.15, -0.1) is 0 Å². The summed E-state index contributed by atoms with van der Waals surface area (Å²) in [5, 5.41) is 2.61. The van der Waals surface area contributed by atoms with Crippen LogP contribution in [0.1, 0.15) is 45.7 Å². The molecule has 1 aliphatic rings.